The maximum atomic E-state index is 13.7. The third-order valence-corrected chi connectivity index (χ3v) is 5.94. The maximum Gasteiger partial charge on any atom is 0.251 e. The van der Waals surface area contributed by atoms with E-state index in [0.29, 0.717) is 12.1 Å². The molecule has 0 fully saturated rings. The van der Waals surface area contributed by atoms with Gasteiger partial charge in [-0.1, -0.05) is 36.8 Å². The molecule has 0 unspecified atom stereocenters. The van der Waals surface area contributed by atoms with E-state index in [1.165, 1.54) is 12.1 Å². The molecule has 2 aromatic carbocycles. The highest BCUT2D eigenvalue weighted by atomic mass is 19.1. The summed E-state index contributed by atoms with van der Waals surface area (Å²) in [7, 11) is 1.71. The van der Waals surface area contributed by atoms with Gasteiger partial charge in [0.1, 0.15) is 17.7 Å². The predicted molar refractivity (Wildman–Crippen MR) is 121 cm³/mol. The Balaban J connectivity index is 1.83. The van der Waals surface area contributed by atoms with Crippen LogP contribution in [0.5, 0.6) is 0 Å². The molecule has 1 aliphatic rings. The molecule has 4 rings (SSSR count). The summed E-state index contributed by atoms with van der Waals surface area (Å²) in [5.74, 6) is -0.662. The Labute approximate surface area is 187 Å². The van der Waals surface area contributed by atoms with Crippen molar-refractivity contribution >= 4 is 17.6 Å². The van der Waals surface area contributed by atoms with E-state index in [4.69, 9.17) is 0 Å². The summed E-state index contributed by atoms with van der Waals surface area (Å²) in [6.07, 6.45) is 0.865. The number of benzene rings is 2. The molecule has 0 bridgehead atoms. The molecule has 0 radical (unpaired) electrons. The van der Waals surface area contributed by atoms with Gasteiger partial charge >= 0.3 is 0 Å². The third-order valence-electron chi connectivity index (χ3n) is 5.94. The number of halogens is 1. The largest absolute Gasteiger partial charge is 0.339 e. The molecule has 1 aromatic heterocycles. The maximum absolute atomic E-state index is 13.7. The van der Waals surface area contributed by atoms with Gasteiger partial charge in [-0.3, -0.25) is 14.5 Å². The van der Waals surface area contributed by atoms with E-state index in [9.17, 15) is 14.0 Å². The third kappa shape index (κ3) is 3.79. The SMILES string of the molecule is CCCn1nc(C)c2c1N(C)C(=O)[C@@H](NC(=O)c1cccc(C)c1)[C@H]2c1ccc(F)cc1. The molecule has 0 saturated carbocycles. The Bertz CT molecular complexity index is 1170. The summed E-state index contributed by atoms with van der Waals surface area (Å²) in [6.45, 7) is 6.54. The van der Waals surface area contributed by atoms with Crippen molar-refractivity contribution in [2.75, 3.05) is 11.9 Å². The fraction of sp³-hybridized carbons (Fsp3) is 0.320. The molecule has 166 valence electrons. The van der Waals surface area contributed by atoms with Crippen LogP contribution in [0.25, 0.3) is 0 Å². The molecule has 32 heavy (non-hydrogen) atoms. The van der Waals surface area contributed by atoms with Gasteiger partial charge in [0.2, 0.25) is 0 Å². The second-order valence-corrected chi connectivity index (χ2v) is 8.29. The molecule has 2 atom stereocenters. The zero-order valence-electron chi connectivity index (χ0n) is 18.7. The number of carbonyl (C=O) groups is 2. The minimum Gasteiger partial charge on any atom is -0.339 e. The Morgan fingerprint density at radius 1 is 1.16 bits per heavy atom. The van der Waals surface area contributed by atoms with E-state index in [1.54, 1.807) is 36.2 Å². The highest BCUT2D eigenvalue weighted by molar-refractivity contribution is 6.05. The number of anilines is 1. The number of carbonyl (C=O) groups excluding carboxylic acids is 2. The van der Waals surface area contributed by atoms with E-state index in [0.717, 1.165) is 34.6 Å². The quantitative estimate of drug-likeness (QED) is 0.661. The number of hydrogen-bond donors (Lipinski definition) is 1. The molecule has 3 aromatic rings. The first-order valence-electron chi connectivity index (χ1n) is 10.8. The minimum atomic E-state index is -0.844. The number of aryl methyl sites for hydroxylation is 3. The monoisotopic (exact) mass is 434 g/mol. The number of rotatable bonds is 5. The Hall–Kier alpha value is -3.48. The highest BCUT2D eigenvalue weighted by Crippen LogP contribution is 2.42. The average Bonchev–Trinajstić information content (AvgIpc) is 3.09. The van der Waals surface area contributed by atoms with E-state index in [1.807, 2.05) is 30.7 Å². The number of aromatic nitrogens is 2. The van der Waals surface area contributed by atoms with Crippen molar-refractivity contribution in [3.63, 3.8) is 0 Å². The van der Waals surface area contributed by atoms with Crippen LogP contribution in [0.2, 0.25) is 0 Å². The van der Waals surface area contributed by atoms with Gasteiger partial charge in [-0.05, 0) is 50.1 Å². The Morgan fingerprint density at radius 2 is 1.88 bits per heavy atom. The number of likely N-dealkylation sites (N-methyl/N-ethyl adjacent to an activating group) is 1. The van der Waals surface area contributed by atoms with Gasteiger partial charge in [0.25, 0.3) is 11.8 Å². The summed E-state index contributed by atoms with van der Waals surface area (Å²) in [6, 6.07) is 12.5. The summed E-state index contributed by atoms with van der Waals surface area (Å²) < 4.78 is 15.5. The smallest absolute Gasteiger partial charge is 0.251 e. The van der Waals surface area contributed by atoms with Crippen molar-refractivity contribution in [2.45, 2.75) is 45.7 Å². The first kappa shape index (κ1) is 21.7. The van der Waals surface area contributed by atoms with Crippen molar-refractivity contribution in [3.8, 4) is 0 Å². The molecule has 2 amide bonds. The van der Waals surface area contributed by atoms with Crippen LogP contribution in [0.1, 0.15) is 52.0 Å². The summed E-state index contributed by atoms with van der Waals surface area (Å²) >= 11 is 0. The first-order chi connectivity index (χ1) is 15.3. The lowest BCUT2D eigenvalue weighted by Crippen LogP contribution is -2.54. The molecular weight excluding hydrogens is 407 g/mol. The van der Waals surface area contributed by atoms with Crippen LogP contribution < -0.4 is 10.2 Å². The van der Waals surface area contributed by atoms with Crippen molar-refractivity contribution in [1.29, 1.82) is 0 Å². The lowest BCUT2D eigenvalue weighted by atomic mass is 9.81. The van der Waals surface area contributed by atoms with Crippen LogP contribution in [0.4, 0.5) is 10.2 Å². The standard InChI is InChI=1S/C25H27FN4O2/c1-5-13-30-24-20(16(3)28-30)21(17-9-11-19(26)12-10-17)22(25(32)29(24)4)27-23(31)18-8-6-7-15(2)14-18/h6-12,14,21-22H,5,13H2,1-4H3,(H,27,31)/t21-,22-/m0/s1. The van der Waals surface area contributed by atoms with Crippen molar-refractivity contribution in [2.24, 2.45) is 0 Å². The second-order valence-electron chi connectivity index (χ2n) is 8.29. The van der Waals surface area contributed by atoms with Crippen LogP contribution in [-0.2, 0) is 11.3 Å². The lowest BCUT2D eigenvalue weighted by molar-refractivity contribution is -0.120. The van der Waals surface area contributed by atoms with E-state index in [-0.39, 0.29) is 17.6 Å². The van der Waals surface area contributed by atoms with Crippen LogP contribution in [0.3, 0.4) is 0 Å². The highest BCUT2D eigenvalue weighted by Gasteiger charge is 2.44. The molecular formula is C25H27FN4O2. The molecule has 6 nitrogen and oxygen atoms in total. The van der Waals surface area contributed by atoms with Crippen LogP contribution >= 0.6 is 0 Å². The fourth-order valence-corrected chi connectivity index (χ4v) is 4.48. The van der Waals surface area contributed by atoms with Gasteiger partial charge in [0.05, 0.1) is 5.69 Å². The fourth-order valence-electron chi connectivity index (χ4n) is 4.48. The minimum absolute atomic E-state index is 0.231. The van der Waals surface area contributed by atoms with Gasteiger partial charge in [0, 0.05) is 30.6 Å². The van der Waals surface area contributed by atoms with E-state index >= 15 is 0 Å². The number of amides is 2. The Morgan fingerprint density at radius 3 is 2.53 bits per heavy atom. The molecule has 1 aliphatic heterocycles. The molecule has 0 spiro atoms. The topological polar surface area (TPSA) is 67.2 Å². The molecule has 7 heteroatoms. The number of nitrogens with zero attached hydrogens (tertiary/aromatic N) is 3. The van der Waals surface area contributed by atoms with Crippen molar-refractivity contribution < 1.29 is 14.0 Å². The van der Waals surface area contributed by atoms with Crippen LogP contribution in [0, 0.1) is 19.7 Å². The van der Waals surface area contributed by atoms with Crippen LogP contribution in [-0.4, -0.2) is 34.7 Å². The molecule has 2 heterocycles. The van der Waals surface area contributed by atoms with Gasteiger partial charge in [-0.15, -0.1) is 0 Å². The Kier molecular flexibility index (Phi) is 5.82. The van der Waals surface area contributed by atoms with Gasteiger partial charge in [-0.25, -0.2) is 9.07 Å². The molecule has 0 aliphatic carbocycles. The van der Waals surface area contributed by atoms with E-state index in [2.05, 4.69) is 17.3 Å². The summed E-state index contributed by atoms with van der Waals surface area (Å²) in [5, 5.41) is 7.63. The average molecular weight is 435 g/mol. The van der Waals surface area contributed by atoms with Gasteiger partial charge in [0.15, 0.2) is 0 Å². The normalized spacial score (nSPS) is 17.9. The number of hydrogen-bond acceptors (Lipinski definition) is 3. The second kappa shape index (κ2) is 8.57. The van der Waals surface area contributed by atoms with Gasteiger partial charge < -0.3 is 5.32 Å². The number of fused-ring (bicyclic) bond motifs is 1. The van der Waals surface area contributed by atoms with E-state index < -0.39 is 12.0 Å². The zero-order chi connectivity index (χ0) is 23.0. The molecule has 0 saturated heterocycles. The van der Waals surface area contributed by atoms with Crippen molar-refractivity contribution in [1.82, 2.24) is 15.1 Å². The predicted octanol–water partition coefficient (Wildman–Crippen LogP) is 3.96. The van der Waals surface area contributed by atoms with Crippen LogP contribution in [0.15, 0.2) is 48.5 Å². The summed E-state index contributed by atoms with van der Waals surface area (Å²) in [5.41, 5.74) is 3.86. The van der Waals surface area contributed by atoms with Gasteiger partial charge in [-0.2, -0.15) is 5.10 Å². The summed E-state index contributed by atoms with van der Waals surface area (Å²) in [4.78, 5) is 28.2. The number of nitrogens with one attached hydrogen (secondary N) is 1. The first-order valence-corrected chi connectivity index (χ1v) is 10.8. The molecule has 1 N–H and O–H groups in total. The van der Waals surface area contributed by atoms with Crippen molar-refractivity contribution in [3.05, 3.63) is 82.3 Å². The lowest BCUT2D eigenvalue weighted by Gasteiger charge is -2.37. The zero-order valence-corrected chi connectivity index (χ0v) is 18.7.